The number of hydrogen-bond acceptors (Lipinski definition) is 5. The van der Waals surface area contributed by atoms with Crippen LogP contribution in [0, 0.1) is 0 Å². The third-order valence-electron chi connectivity index (χ3n) is 8.40. The molecule has 2 amide bonds. The molecule has 3 heterocycles. The van der Waals surface area contributed by atoms with Crippen LogP contribution in [0.1, 0.15) is 33.6 Å². The molecular formula is C35H33F3N4O3. The largest absolute Gasteiger partial charge is 0.573 e. The summed E-state index contributed by atoms with van der Waals surface area (Å²) in [6.07, 6.45) is -3.31. The lowest BCUT2D eigenvalue weighted by atomic mass is 10.0. The van der Waals surface area contributed by atoms with Crippen molar-refractivity contribution in [2.24, 2.45) is 0 Å². The van der Waals surface area contributed by atoms with Gasteiger partial charge in [0.25, 0.3) is 11.8 Å². The van der Waals surface area contributed by atoms with E-state index < -0.39 is 12.1 Å². The molecule has 2 aliphatic rings. The van der Waals surface area contributed by atoms with E-state index in [1.807, 2.05) is 77.7 Å². The molecule has 0 N–H and O–H groups in total. The number of likely N-dealkylation sites (tertiary alicyclic amines) is 1. The Balaban J connectivity index is 1.07. The van der Waals surface area contributed by atoms with E-state index in [4.69, 9.17) is 4.98 Å². The van der Waals surface area contributed by atoms with E-state index in [1.165, 1.54) is 18.2 Å². The molecule has 0 unspecified atom stereocenters. The maximum atomic E-state index is 13.8. The Morgan fingerprint density at radius 1 is 0.644 bits per heavy atom. The lowest BCUT2D eigenvalue weighted by Crippen LogP contribution is -2.54. The van der Waals surface area contributed by atoms with Crippen LogP contribution in [-0.4, -0.2) is 83.2 Å². The molecule has 4 aromatic rings. The van der Waals surface area contributed by atoms with Gasteiger partial charge in [-0.1, -0.05) is 66.7 Å². The Hall–Kier alpha value is -4.70. The van der Waals surface area contributed by atoms with Gasteiger partial charge in [0, 0.05) is 67.6 Å². The fourth-order valence-electron chi connectivity index (χ4n) is 6.08. The first-order valence-electron chi connectivity index (χ1n) is 15.0. The monoisotopic (exact) mass is 614 g/mol. The summed E-state index contributed by atoms with van der Waals surface area (Å²) < 4.78 is 41.8. The second-order valence-electron chi connectivity index (χ2n) is 11.3. The van der Waals surface area contributed by atoms with Crippen molar-refractivity contribution >= 4 is 11.8 Å². The van der Waals surface area contributed by atoms with Gasteiger partial charge in [0.15, 0.2) is 0 Å². The molecule has 0 atom stereocenters. The van der Waals surface area contributed by atoms with Crippen LogP contribution >= 0.6 is 0 Å². The molecule has 2 fully saturated rings. The second-order valence-corrected chi connectivity index (χ2v) is 11.3. The zero-order chi connectivity index (χ0) is 31.4. The van der Waals surface area contributed by atoms with Crippen molar-refractivity contribution in [3.8, 4) is 28.3 Å². The molecule has 6 rings (SSSR count). The zero-order valence-electron chi connectivity index (χ0n) is 24.6. The van der Waals surface area contributed by atoms with E-state index >= 15 is 0 Å². The van der Waals surface area contributed by atoms with E-state index in [1.54, 1.807) is 4.90 Å². The minimum Gasteiger partial charge on any atom is -0.406 e. The molecule has 7 nitrogen and oxygen atoms in total. The average molecular weight is 615 g/mol. The highest BCUT2D eigenvalue weighted by Crippen LogP contribution is 2.28. The lowest BCUT2D eigenvalue weighted by molar-refractivity contribution is -0.274. The first-order valence-corrected chi connectivity index (χ1v) is 15.0. The molecule has 45 heavy (non-hydrogen) atoms. The molecule has 0 radical (unpaired) electrons. The van der Waals surface area contributed by atoms with Gasteiger partial charge >= 0.3 is 6.36 Å². The number of pyridine rings is 1. The van der Waals surface area contributed by atoms with E-state index in [2.05, 4.69) is 9.64 Å². The van der Waals surface area contributed by atoms with E-state index in [-0.39, 0.29) is 23.4 Å². The molecular weight excluding hydrogens is 581 g/mol. The van der Waals surface area contributed by atoms with Crippen LogP contribution in [0.25, 0.3) is 22.5 Å². The van der Waals surface area contributed by atoms with Crippen LogP contribution in [-0.2, 0) is 0 Å². The number of piperidine rings is 1. The van der Waals surface area contributed by atoms with Gasteiger partial charge in [0.2, 0.25) is 0 Å². The highest BCUT2D eigenvalue weighted by molar-refractivity contribution is 5.96. The Bertz CT molecular complexity index is 1580. The molecule has 1 aromatic heterocycles. The Kier molecular flexibility index (Phi) is 8.84. The van der Waals surface area contributed by atoms with Crippen molar-refractivity contribution in [2.75, 3.05) is 39.3 Å². The standard InChI is InChI=1S/C35H33F3N4O3/c36-35(37,38)45-30-13-7-12-27(22-30)33(43)41-16-14-29(15-17-41)40-18-20-42(21-19-40)34(44)28-23-31(25-8-3-1-4-9-25)39-32(24-28)26-10-5-2-6-11-26/h1-13,22-24,29H,14-21H2. The summed E-state index contributed by atoms with van der Waals surface area (Å²) in [6, 6.07) is 28.9. The van der Waals surface area contributed by atoms with Crippen LogP contribution in [0.2, 0.25) is 0 Å². The molecule has 0 aliphatic carbocycles. The van der Waals surface area contributed by atoms with Gasteiger partial charge in [-0.15, -0.1) is 13.2 Å². The van der Waals surface area contributed by atoms with Gasteiger partial charge in [0.1, 0.15) is 5.75 Å². The molecule has 2 saturated heterocycles. The first kappa shape index (κ1) is 30.3. The number of alkyl halides is 3. The minimum absolute atomic E-state index is 0.0245. The Morgan fingerprint density at radius 2 is 1.18 bits per heavy atom. The predicted molar refractivity (Wildman–Crippen MR) is 165 cm³/mol. The summed E-state index contributed by atoms with van der Waals surface area (Å²) in [4.78, 5) is 37.6. The molecule has 232 valence electrons. The smallest absolute Gasteiger partial charge is 0.406 e. The van der Waals surface area contributed by atoms with Crippen molar-refractivity contribution < 1.29 is 27.5 Å². The summed E-state index contributed by atoms with van der Waals surface area (Å²) in [5, 5.41) is 0. The van der Waals surface area contributed by atoms with Gasteiger partial charge in [-0.25, -0.2) is 4.98 Å². The predicted octanol–water partition coefficient (Wildman–Crippen LogP) is 6.38. The fourth-order valence-corrected chi connectivity index (χ4v) is 6.08. The quantitative estimate of drug-likeness (QED) is 0.252. The second kappa shape index (κ2) is 13.1. The minimum atomic E-state index is -4.82. The molecule has 3 aromatic carbocycles. The van der Waals surface area contributed by atoms with Gasteiger partial charge in [-0.05, 0) is 43.2 Å². The van der Waals surface area contributed by atoms with Crippen molar-refractivity contribution in [1.82, 2.24) is 19.7 Å². The SMILES string of the molecule is O=C(c1cccc(OC(F)(F)F)c1)N1CCC(N2CCN(C(=O)c3cc(-c4ccccc4)nc(-c4ccccc4)c3)CC2)CC1. The normalized spacial score (nSPS) is 16.4. The van der Waals surface area contributed by atoms with E-state index in [0.29, 0.717) is 31.7 Å². The van der Waals surface area contributed by atoms with Gasteiger partial charge < -0.3 is 14.5 Å². The number of hydrogen-bond donors (Lipinski definition) is 0. The number of carbonyl (C=O) groups is 2. The van der Waals surface area contributed by atoms with E-state index in [0.717, 1.165) is 54.5 Å². The van der Waals surface area contributed by atoms with Crippen LogP contribution in [0.4, 0.5) is 13.2 Å². The van der Waals surface area contributed by atoms with Crippen LogP contribution in [0.5, 0.6) is 5.75 Å². The molecule has 0 spiro atoms. The maximum absolute atomic E-state index is 13.8. The summed E-state index contributed by atoms with van der Waals surface area (Å²) in [7, 11) is 0. The Labute approximate surface area is 259 Å². The van der Waals surface area contributed by atoms with Gasteiger partial charge in [-0.3, -0.25) is 14.5 Å². The van der Waals surface area contributed by atoms with Crippen molar-refractivity contribution in [2.45, 2.75) is 25.2 Å². The summed E-state index contributed by atoms with van der Waals surface area (Å²) in [5.41, 5.74) is 4.17. The lowest BCUT2D eigenvalue weighted by Gasteiger charge is -2.42. The van der Waals surface area contributed by atoms with Crippen molar-refractivity contribution in [3.63, 3.8) is 0 Å². The fraction of sp³-hybridized carbons (Fsp3) is 0.286. The van der Waals surface area contributed by atoms with Crippen LogP contribution in [0.15, 0.2) is 97.1 Å². The summed E-state index contributed by atoms with van der Waals surface area (Å²) in [6.45, 7) is 3.65. The summed E-state index contributed by atoms with van der Waals surface area (Å²) >= 11 is 0. The number of amides is 2. The third kappa shape index (κ3) is 7.34. The molecule has 0 bridgehead atoms. The molecule has 0 saturated carbocycles. The summed E-state index contributed by atoms with van der Waals surface area (Å²) in [5.74, 6) is -0.739. The van der Waals surface area contributed by atoms with E-state index in [9.17, 15) is 22.8 Å². The average Bonchev–Trinajstić information content (AvgIpc) is 3.08. The first-order chi connectivity index (χ1) is 21.7. The molecule has 10 heteroatoms. The van der Waals surface area contributed by atoms with Crippen LogP contribution in [0.3, 0.4) is 0 Å². The topological polar surface area (TPSA) is 66.0 Å². The zero-order valence-corrected chi connectivity index (χ0v) is 24.6. The van der Waals surface area contributed by atoms with Crippen LogP contribution < -0.4 is 4.74 Å². The van der Waals surface area contributed by atoms with Gasteiger partial charge in [-0.2, -0.15) is 0 Å². The molecule has 2 aliphatic heterocycles. The number of rotatable bonds is 6. The number of nitrogens with zero attached hydrogens (tertiary/aromatic N) is 4. The number of ether oxygens (including phenoxy) is 1. The highest BCUT2D eigenvalue weighted by atomic mass is 19.4. The number of carbonyl (C=O) groups excluding carboxylic acids is 2. The number of halogens is 3. The maximum Gasteiger partial charge on any atom is 0.573 e. The number of piperazine rings is 1. The third-order valence-corrected chi connectivity index (χ3v) is 8.40. The number of benzene rings is 3. The Morgan fingerprint density at radius 3 is 1.73 bits per heavy atom. The highest BCUT2D eigenvalue weighted by Gasteiger charge is 2.33. The van der Waals surface area contributed by atoms with Crippen molar-refractivity contribution in [3.05, 3.63) is 108 Å². The number of aromatic nitrogens is 1. The van der Waals surface area contributed by atoms with Crippen molar-refractivity contribution in [1.29, 1.82) is 0 Å². The van der Waals surface area contributed by atoms with Gasteiger partial charge in [0.05, 0.1) is 11.4 Å².